The third-order valence-electron chi connectivity index (χ3n) is 4.01. The molecule has 2 unspecified atom stereocenters. The smallest absolute Gasteiger partial charge is 0.245 e. The summed E-state index contributed by atoms with van der Waals surface area (Å²) >= 11 is 0. The first-order valence-electron chi connectivity index (χ1n) is 8.20. The number of carbonyl (C=O) groups excluding carboxylic acids is 2. The molecule has 1 aliphatic heterocycles. The summed E-state index contributed by atoms with van der Waals surface area (Å²) in [5.41, 5.74) is 0. The molecule has 2 atom stereocenters. The molecule has 0 aliphatic carbocycles. The van der Waals surface area contributed by atoms with Gasteiger partial charge in [0.1, 0.15) is 6.04 Å². The molecular formula is C16H30N2O2. The zero-order valence-electron chi connectivity index (χ0n) is 13.3. The Bertz CT molecular complexity index is 318. The minimum atomic E-state index is -0.312. The second-order valence-electron chi connectivity index (χ2n) is 5.91. The normalized spacial score (nSPS) is 23.6. The van der Waals surface area contributed by atoms with Gasteiger partial charge in [0, 0.05) is 19.0 Å². The van der Waals surface area contributed by atoms with Gasteiger partial charge in [-0.05, 0) is 19.8 Å². The number of hydrogen-bond donors (Lipinski definition) is 1. The Morgan fingerprint density at radius 1 is 1.10 bits per heavy atom. The van der Waals surface area contributed by atoms with Crippen molar-refractivity contribution in [1.82, 2.24) is 10.2 Å². The van der Waals surface area contributed by atoms with Crippen LogP contribution in [0.5, 0.6) is 0 Å². The Kier molecular flexibility index (Phi) is 7.63. The predicted molar refractivity (Wildman–Crippen MR) is 81.4 cm³/mol. The van der Waals surface area contributed by atoms with Crippen molar-refractivity contribution in [3.05, 3.63) is 0 Å². The van der Waals surface area contributed by atoms with Crippen LogP contribution in [0.1, 0.15) is 72.1 Å². The molecule has 0 spiro atoms. The predicted octanol–water partition coefficient (Wildman–Crippen LogP) is 2.86. The summed E-state index contributed by atoms with van der Waals surface area (Å²) in [5.74, 6) is 0.124. The summed E-state index contributed by atoms with van der Waals surface area (Å²) in [6.07, 6.45) is 8.04. The van der Waals surface area contributed by atoms with E-state index < -0.39 is 0 Å². The van der Waals surface area contributed by atoms with Gasteiger partial charge in [0.25, 0.3) is 0 Å². The van der Waals surface area contributed by atoms with E-state index in [4.69, 9.17) is 0 Å². The lowest BCUT2D eigenvalue weighted by Gasteiger charge is -2.28. The molecular weight excluding hydrogens is 252 g/mol. The fourth-order valence-electron chi connectivity index (χ4n) is 2.81. The highest BCUT2D eigenvalue weighted by atomic mass is 16.2. The van der Waals surface area contributed by atoms with Crippen LogP contribution in [-0.2, 0) is 9.59 Å². The second kappa shape index (κ2) is 8.98. The fraction of sp³-hybridized carbons (Fsp3) is 0.875. The lowest BCUT2D eigenvalue weighted by atomic mass is 10.1. The van der Waals surface area contributed by atoms with Crippen molar-refractivity contribution in [1.29, 1.82) is 0 Å². The van der Waals surface area contributed by atoms with Crippen LogP contribution in [0.3, 0.4) is 0 Å². The minimum absolute atomic E-state index is 0.0118. The molecule has 1 heterocycles. The van der Waals surface area contributed by atoms with Crippen LogP contribution in [0.4, 0.5) is 0 Å². The highest BCUT2D eigenvalue weighted by Gasteiger charge is 2.32. The van der Waals surface area contributed by atoms with Gasteiger partial charge < -0.3 is 10.2 Å². The van der Waals surface area contributed by atoms with Gasteiger partial charge in [0.15, 0.2) is 0 Å². The third-order valence-corrected chi connectivity index (χ3v) is 4.01. The zero-order chi connectivity index (χ0) is 15.0. The first-order chi connectivity index (χ1) is 9.60. The van der Waals surface area contributed by atoms with Gasteiger partial charge in [-0.1, -0.05) is 46.0 Å². The second-order valence-corrected chi connectivity index (χ2v) is 5.91. The van der Waals surface area contributed by atoms with E-state index in [1.165, 1.54) is 25.7 Å². The van der Waals surface area contributed by atoms with E-state index in [0.717, 1.165) is 25.8 Å². The fourth-order valence-corrected chi connectivity index (χ4v) is 2.81. The molecule has 4 nitrogen and oxygen atoms in total. The number of unbranched alkanes of at least 4 members (excludes halogenated alkanes) is 4. The van der Waals surface area contributed by atoms with Crippen molar-refractivity contribution < 1.29 is 9.59 Å². The number of hydrogen-bond acceptors (Lipinski definition) is 2. The molecule has 1 aliphatic rings. The average molecular weight is 282 g/mol. The first kappa shape index (κ1) is 17.0. The average Bonchev–Trinajstić information content (AvgIpc) is 2.50. The van der Waals surface area contributed by atoms with E-state index in [0.29, 0.717) is 6.42 Å². The summed E-state index contributed by atoms with van der Waals surface area (Å²) in [7, 11) is 0. The van der Waals surface area contributed by atoms with Crippen LogP contribution in [0, 0.1) is 0 Å². The summed E-state index contributed by atoms with van der Waals surface area (Å²) in [5, 5.41) is 2.87. The van der Waals surface area contributed by atoms with Crippen LogP contribution in [0.2, 0.25) is 0 Å². The van der Waals surface area contributed by atoms with Gasteiger partial charge >= 0.3 is 0 Å². The van der Waals surface area contributed by atoms with E-state index >= 15 is 0 Å². The largest absolute Gasteiger partial charge is 0.344 e. The molecule has 2 amide bonds. The molecule has 0 aromatic heterocycles. The zero-order valence-corrected chi connectivity index (χ0v) is 13.3. The number of amides is 2. The summed E-state index contributed by atoms with van der Waals surface area (Å²) < 4.78 is 0. The Hall–Kier alpha value is -1.06. The number of carbonyl (C=O) groups is 2. The molecule has 1 saturated heterocycles. The SMILES string of the molecule is CCCCCCCN1C(=O)C(CCC)NC(=O)CC1C. The van der Waals surface area contributed by atoms with E-state index in [2.05, 4.69) is 12.2 Å². The molecule has 0 bridgehead atoms. The lowest BCUT2D eigenvalue weighted by Crippen LogP contribution is -2.46. The van der Waals surface area contributed by atoms with E-state index in [9.17, 15) is 9.59 Å². The standard InChI is InChI=1S/C16H30N2O2/c1-4-6-7-8-9-11-18-13(3)12-15(19)17-14(10-5-2)16(18)20/h13-14H,4-12H2,1-3H3,(H,17,19). The molecule has 1 rings (SSSR count). The van der Waals surface area contributed by atoms with Crippen LogP contribution >= 0.6 is 0 Å². The molecule has 4 heteroatoms. The van der Waals surface area contributed by atoms with Gasteiger partial charge in [0.05, 0.1) is 0 Å². The first-order valence-corrected chi connectivity index (χ1v) is 8.20. The molecule has 1 N–H and O–H groups in total. The van der Waals surface area contributed by atoms with Crippen LogP contribution in [0.25, 0.3) is 0 Å². The van der Waals surface area contributed by atoms with E-state index in [1.54, 1.807) is 0 Å². The summed E-state index contributed by atoms with van der Waals surface area (Å²) in [6, 6.07) is -0.288. The van der Waals surface area contributed by atoms with Crippen molar-refractivity contribution in [2.75, 3.05) is 6.54 Å². The van der Waals surface area contributed by atoms with Crippen LogP contribution in [0.15, 0.2) is 0 Å². The molecule has 0 radical (unpaired) electrons. The highest BCUT2D eigenvalue weighted by Crippen LogP contribution is 2.15. The Morgan fingerprint density at radius 3 is 2.45 bits per heavy atom. The number of nitrogens with one attached hydrogen (secondary N) is 1. The molecule has 1 fully saturated rings. The van der Waals surface area contributed by atoms with Gasteiger partial charge in [-0.3, -0.25) is 9.59 Å². The van der Waals surface area contributed by atoms with Gasteiger partial charge in [-0.15, -0.1) is 0 Å². The van der Waals surface area contributed by atoms with E-state index in [1.807, 2.05) is 18.7 Å². The quantitative estimate of drug-likeness (QED) is 0.696. The number of nitrogens with zero attached hydrogens (tertiary/aromatic N) is 1. The van der Waals surface area contributed by atoms with Gasteiger partial charge in [0.2, 0.25) is 11.8 Å². The van der Waals surface area contributed by atoms with Gasteiger partial charge in [-0.2, -0.15) is 0 Å². The molecule has 116 valence electrons. The minimum Gasteiger partial charge on any atom is -0.344 e. The Labute approximate surface area is 123 Å². The third kappa shape index (κ3) is 5.14. The van der Waals surface area contributed by atoms with Gasteiger partial charge in [-0.25, -0.2) is 0 Å². The molecule has 20 heavy (non-hydrogen) atoms. The van der Waals surface area contributed by atoms with Crippen molar-refractivity contribution in [3.8, 4) is 0 Å². The maximum absolute atomic E-state index is 12.5. The van der Waals surface area contributed by atoms with Crippen molar-refractivity contribution >= 4 is 11.8 Å². The summed E-state index contributed by atoms with van der Waals surface area (Å²) in [4.78, 5) is 26.2. The topological polar surface area (TPSA) is 49.4 Å². The molecule has 0 saturated carbocycles. The highest BCUT2D eigenvalue weighted by molar-refractivity contribution is 5.90. The van der Waals surface area contributed by atoms with Crippen molar-refractivity contribution in [2.24, 2.45) is 0 Å². The molecule has 0 aromatic rings. The summed E-state index contributed by atoms with van der Waals surface area (Å²) in [6.45, 7) is 7.02. The Balaban J connectivity index is 2.55. The maximum atomic E-state index is 12.5. The maximum Gasteiger partial charge on any atom is 0.245 e. The lowest BCUT2D eigenvalue weighted by molar-refractivity contribution is -0.135. The Morgan fingerprint density at radius 2 is 1.80 bits per heavy atom. The van der Waals surface area contributed by atoms with E-state index in [-0.39, 0.29) is 23.9 Å². The molecule has 0 aromatic carbocycles. The van der Waals surface area contributed by atoms with Crippen LogP contribution in [-0.4, -0.2) is 35.3 Å². The van der Waals surface area contributed by atoms with Crippen molar-refractivity contribution in [2.45, 2.75) is 84.2 Å². The number of rotatable bonds is 8. The van der Waals surface area contributed by atoms with Crippen molar-refractivity contribution in [3.63, 3.8) is 0 Å². The monoisotopic (exact) mass is 282 g/mol. The van der Waals surface area contributed by atoms with Crippen LogP contribution < -0.4 is 5.32 Å².